The van der Waals surface area contributed by atoms with Crippen LogP contribution in [0.4, 0.5) is 18.9 Å². The fourth-order valence-corrected chi connectivity index (χ4v) is 2.80. The van der Waals surface area contributed by atoms with Crippen LogP contribution in [-0.2, 0) is 4.79 Å². The minimum absolute atomic E-state index is 0.219. The van der Waals surface area contributed by atoms with Gasteiger partial charge in [-0.2, -0.15) is 13.2 Å². The molecular weight excluding hydrogens is 351 g/mol. The van der Waals surface area contributed by atoms with Crippen molar-refractivity contribution in [1.29, 1.82) is 0 Å². The second-order valence-electron chi connectivity index (χ2n) is 5.32. The highest BCUT2D eigenvalue weighted by molar-refractivity contribution is 7.80. The Morgan fingerprint density at radius 3 is 2.74 bits per heavy atom. The number of amides is 1. The van der Waals surface area contributed by atoms with Crippen LogP contribution in [0, 0.1) is 6.92 Å². The third-order valence-corrected chi connectivity index (χ3v) is 4.11. The lowest BCUT2D eigenvalue weighted by Gasteiger charge is -2.21. The maximum atomic E-state index is 12.2. The van der Waals surface area contributed by atoms with Gasteiger partial charge >= 0.3 is 12.1 Å². The van der Waals surface area contributed by atoms with Gasteiger partial charge in [0.1, 0.15) is 0 Å². The Balaban J connectivity index is 1.91. The molecule has 0 radical (unpaired) electrons. The Hall–Kier alpha value is -1.54. The van der Waals surface area contributed by atoms with Gasteiger partial charge < -0.3 is 15.5 Å². The standard InChI is InChI=1S/C14H15ClF3N3OS/c1-8-2-3-11(10(15)6-8)20-13(23)21-5-4-9(7-21)19-12(22)14(16,17)18/h2-3,6,9H,4-5,7H2,1H3,(H,19,22)(H,20,23). The van der Waals surface area contributed by atoms with E-state index >= 15 is 0 Å². The number of rotatable bonds is 2. The Bertz CT molecular complexity index is 624. The molecule has 1 unspecified atom stereocenters. The van der Waals surface area contributed by atoms with Gasteiger partial charge in [0.15, 0.2) is 5.11 Å². The zero-order valence-electron chi connectivity index (χ0n) is 12.2. The maximum Gasteiger partial charge on any atom is 0.471 e. The number of anilines is 1. The maximum absolute atomic E-state index is 12.2. The molecule has 1 aromatic carbocycles. The molecule has 23 heavy (non-hydrogen) atoms. The monoisotopic (exact) mass is 365 g/mol. The van der Waals surface area contributed by atoms with Gasteiger partial charge in [-0.15, -0.1) is 0 Å². The minimum Gasteiger partial charge on any atom is -0.347 e. The number of nitrogens with one attached hydrogen (secondary N) is 2. The smallest absolute Gasteiger partial charge is 0.347 e. The molecule has 0 spiro atoms. The molecule has 0 bridgehead atoms. The number of likely N-dealkylation sites (tertiary alicyclic amines) is 1. The summed E-state index contributed by atoms with van der Waals surface area (Å²) in [5.74, 6) is -1.93. The number of alkyl halides is 3. The second-order valence-corrected chi connectivity index (χ2v) is 6.11. The van der Waals surface area contributed by atoms with Gasteiger partial charge in [0, 0.05) is 19.1 Å². The first-order chi connectivity index (χ1) is 10.7. The Kier molecular flexibility index (Phi) is 5.36. The number of carbonyl (C=O) groups excluding carboxylic acids is 1. The molecule has 1 heterocycles. The number of thiocarbonyl (C=S) groups is 1. The Morgan fingerprint density at radius 2 is 2.13 bits per heavy atom. The highest BCUT2D eigenvalue weighted by Gasteiger charge is 2.40. The van der Waals surface area contributed by atoms with E-state index in [1.54, 1.807) is 17.0 Å². The summed E-state index contributed by atoms with van der Waals surface area (Å²) in [6.45, 7) is 2.58. The highest BCUT2D eigenvalue weighted by Crippen LogP contribution is 2.24. The predicted octanol–water partition coefficient (Wildman–Crippen LogP) is 3.10. The third-order valence-electron chi connectivity index (χ3n) is 3.43. The molecule has 0 saturated carbocycles. The van der Waals surface area contributed by atoms with E-state index in [2.05, 4.69) is 5.32 Å². The van der Waals surface area contributed by atoms with Crippen molar-refractivity contribution in [1.82, 2.24) is 10.2 Å². The molecule has 1 aliphatic rings. The van der Waals surface area contributed by atoms with E-state index in [1.165, 1.54) is 0 Å². The van der Waals surface area contributed by atoms with E-state index in [0.717, 1.165) is 5.56 Å². The van der Waals surface area contributed by atoms with Gasteiger partial charge in [-0.1, -0.05) is 17.7 Å². The summed E-state index contributed by atoms with van der Waals surface area (Å²) in [5.41, 5.74) is 1.63. The molecule has 2 N–H and O–H groups in total. The number of halogens is 4. The van der Waals surface area contributed by atoms with E-state index in [4.69, 9.17) is 23.8 Å². The van der Waals surface area contributed by atoms with Gasteiger partial charge in [0.25, 0.3) is 0 Å². The van der Waals surface area contributed by atoms with Gasteiger partial charge in [0.2, 0.25) is 0 Å². The Labute approximate surface area is 142 Å². The molecule has 9 heteroatoms. The fourth-order valence-electron chi connectivity index (χ4n) is 2.25. The first-order valence-electron chi connectivity index (χ1n) is 6.86. The average Bonchev–Trinajstić information content (AvgIpc) is 2.89. The summed E-state index contributed by atoms with van der Waals surface area (Å²) in [4.78, 5) is 12.6. The van der Waals surface area contributed by atoms with Crippen LogP contribution in [0.2, 0.25) is 5.02 Å². The summed E-state index contributed by atoms with van der Waals surface area (Å²) in [5, 5.41) is 5.81. The molecule has 0 aromatic heterocycles. The topological polar surface area (TPSA) is 44.4 Å². The van der Waals surface area contributed by atoms with Crippen LogP contribution in [0.15, 0.2) is 18.2 Å². The van der Waals surface area contributed by atoms with E-state index in [1.807, 2.05) is 18.3 Å². The number of nitrogens with zero attached hydrogens (tertiary/aromatic N) is 1. The summed E-state index contributed by atoms with van der Waals surface area (Å²) < 4.78 is 36.7. The van der Waals surface area contributed by atoms with Crippen LogP contribution in [0.1, 0.15) is 12.0 Å². The van der Waals surface area contributed by atoms with Crippen LogP contribution < -0.4 is 10.6 Å². The van der Waals surface area contributed by atoms with Crippen LogP contribution in [0.3, 0.4) is 0 Å². The Morgan fingerprint density at radius 1 is 1.43 bits per heavy atom. The molecule has 126 valence electrons. The van der Waals surface area contributed by atoms with E-state index in [0.29, 0.717) is 28.8 Å². The lowest BCUT2D eigenvalue weighted by atomic mass is 10.2. The molecule has 1 atom stereocenters. The second kappa shape index (κ2) is 6.92. The largest absolute Gasteiger partial charge is 0.471 e. The molecule has 1 aliphatic heterocycles. The van der Waals surface area contributed by atoms with Gasteiger partial charge in [-0.05, 0) is 43.3 Å². The predicted molar refractivity (Wildman–Crippen MR) is 86.6 cm³/mol. The first kappa shape index (κ1) is 17.8. The lowest BCUT2D eigenvalue weighted by Crippen LogP contribution is -2.45. The van der Waals surface area contributed by atoms with E-state index in [9.17, 15) is 18.0 Å². The highest BCUT2D eigenvalue weighted by atomic mass is 35.5. The van der Waals surface area contributed by atoms with Crippen molar-refractivity contribution >= 4 is 40.5 Å². The van der Waals surface area contributed by atoms with E-state index < -0.39 is 18.1 Å². The third kappa shape index (κ3) is 4.71. The molecule has 1 aromatic rings. The molecule has 1 amide bonds. The van der Waals surface area contributed by atoms with E-state index in [-0.39, 0.29) is 6.54 Å². The first-order valence-corrected chi connectivity index (χ1v) is 7.65. The molecule has 0 aliphatic carbocycles. The van der Waals surface area contributed by atoms with Crippen LogP contribution >= 0.6 is 23.8 Å². The molecule has 2 rings (SSSR count). The van der Waals surface area contributed by atoms with Gasteiger partial charge in [-0.3, -0.25) is 4.79 Å². The summed E-state index contributed by atoms with van der Waals surface area (Å²) in [6.07, 6.45) is -4.48. The number of benzene rings is 1. The summed E-state index contributed by atoms with van der Waals surface area (Å²) in [6, 6.07) is 4.84. The number of hydrogen-bond donors (Lipinski definition) is 2. The van der Waals surface area contributed by atoms with Crippen LogP contribution in [-0.4, -0.2) is 41.2 Å². The lowest BCUT2D eigenvalue weighted by molar-refractivity contribution is -0.174. The van der Waals surface area contributed by atoms with Gasteiger partial charge in [0.05, 0.1) is 10.7 Å². The normalized spacial score (nSPS) is 18.0. The average molecular weight is 366 g/mol. The van der Waals surface area contributed by atoms with Crippen LogP contribution in [0.5, 0.6) is 0 Å². The van der Waals surface area contributed by atoms with Crippen molar-refractivity contribution in [2.45, 2.75) is 25.6 Å². The molecule has 4 nitrogen and oxygen atoms in total. The van der Waals surface area contributed by atoms with Crippen LogP contribution in [0.25, 0.3) is 0 Å². The zero-order valence-corrected chi connectivity index (χ0v) is 13.8. The van der Waals surface area contributed by atoms with Gasteiger partial charge in [-0.25, -0.2) is 0 Å². The molecule has 1 fully saturated rings. The zero-order chi connectivity index (χ0) is 17.2. The molecule has 1 saturated heterocycles. The van der Waals surface area contributed by atoms with Crippen molar-refractivity contribution in [3.63, 3.8) is 0 Å². The molecular formula is C14H15ClF3N3OS. The van der Waals surface area contributed by atoms with Crippen molar-refractivity contribution in [3.8, 4) is 0 Å². The minimum atomic E-state index is -4.87. The van der Waals surface area contributed by atoms with Crippen molar-refractivity contribution in [3.05, 3.63) is 28.8 Å². The van der Waals surface area contributed by atoms with Crippen molar-refractivity contribution in [2.75, 3.05) is 18.4 Å². The quantitative estimate of drug-likeness (QED) is 0.790. The fraction of sp³-hybridized carbons (Fsp3) is 0.429. The number of hydrogen-bond acceptors (Lipinski definition) is 2. The summed E-state index contributed by atoms with van der Waals surface area (Å²) >= 11 is 11.4. The number of aryl methyl sites for hydroxylation is 1. The van der Waals surface area contributed by atoms with Crippen molar-refractivity contribution in [2.24, 2.45) is 0 Å². The summed E-state index contributed by atoms with van der Waals surface area (Å²) in [7, 11) is 0. The van der Waals surface area contributed by atoms with Crippen molar-refractivity contribution < 1.29 is 18.0 Å². The SMILES string of the molecule is Cc1ccc(NC(=S)N2CCC(NC(=O)C(F)(F)F)C2)c(Cl)c1. The number of carbonyl (C=O) groups is 1.